The van der Waals surface area contributed by atoms with Crippen molar-refractivity contribution >= 4 is 17.0 Å². The van der Waals surface area contributed by atoms with Gasteiger partial charge in [-0.2, -0.15) is 0 Å². The molecule has 0 aliphatic heterocycles. The molecule has 1 heterocycles. The van der Waals surface area contributed by atoms with Crippen LogP contribution in [-0.2, 0) is 0 Å². The van der Waals surface area contributed by atoms with Crippen LogP contribution in [0.1, 0.15) is 23.8 Å². The maximum absolute atomic E-state index is 5.27. The van der Waals surface area contributed by atoms with E-state index in [0.29, 0.717) is 6.04 Å². The summed E-state index contributed by atoms with van der Waals surface area (Å²) in [7, 11) is 1.71. The van der Waals surface area contributed by atoms with Gasteiger partial charge in [0.15, 0.2) is 0 Å². The lowest BCUT2D eigenvalue weighted by molar-refractivity contribution is 0.415. The Kier molecular flexibility index (Phi) is 3.24. The fraction of sp³-hybridized carbons (Fsp3) is 0.333. The molecule has 94 valence electrons. The van der Waals surface area contributed by atoms with Crippen molar-refractivity contribution < 1.29 is 4.74 Å². The number of ether oxygens (including phenoxy) is 1. The molecule has 1 atom stereocenters. The van der Waals surface area contributed by atoms with Gasteiger partial charge in [-0.25, -0.2) is 0 Å². The Hall–Kier alpha value is -1.48. The molecule has 0 bridgehead atoms. The van der Waals surface area contributed by atoms with Crippen LogP contribution in [0.5, 0.6) is 5.75 Å². The number of rotatable bonds is 5. The molecule has 3 rings (SSSR count). The minimum Gasteiger partial charge on any atom is -0.497 e. The van der Waals surface area contributed by atoms with Crippen molar-refractivity contribution in [2.45, 2.75) is 18.9 Å². The number of anilines is 1. The second-order valence-electron chi connectivity index (χ2n) is 4.71. The lowest BCUT2D eigenvalue weighted by Gasteiger charge is -2.18. The fourth-order valence-electron chi connectivity index (χ4n) is 2.21. The Morgan fingerprint density at radius 2 is 2.17 bits per heavy atom. The number of thiophene rings is 1. The maximum atomic E-state index is 5.27. The molecular weight excluding hydrogens is 242 g/mol. The third-order valence-electron chi connectivity index (χ3n) is 3.34. The Labute approximate surface area is 112 Å². The first-order valence-corrected chi connectivity index (χ1v) is 7.19. The Morgan fingerprint density at radius 1 is 1.28 bits per heavy atom. The molecule has 18 heavy (non-hydrogen) atoms. The average molecular weight is 259 g/mol. The number of nitrogens with one attached hydrogen (secondary N) is 1. The molecule has 2 aromatic rings. The van der Waals surface area contributed by atoms with Crippen molar-refractivity contribution in [2.24, 2.45) is 5.92 Å². The van der Waals surface area contributed by atoms with Gasteiger partial charge in [-0.15, -0.1) is 11.3 Å². The molecular formula is C15H17NOS. The first kappa shape index (κ1) is 11.6. The third kappa shape index (κ3) is 2.51. The van der Waals surface area contributed by atoms with Crippen LogP contribution in [0.4, 0.5) is 5.69 Å². The van der Waals surface area contributed by atoms with E-state index in [4.69, 9.17) is 4.74 Å². The summed E-state index contributed by atoms with van der Waals surface area (Å²) in [6.07, 6.45) is 2.67. The van der Waals surface area contributed by atoms with Crippen molar-refractivity contribution in [2.75, 3.05) is 12.4 Å². The average Bonchev–Trinajstić information content (AvgIpc) is 3.11. The zero-order valence-corrected chi connectivity index (χ0v) is 11.2. The molecule has 1 aliphatic carbocycles. The van der Waals surface area contributed by atoms with E-state index in [9.17, 15) is 0 Å². The second kappa shape index (κ2) is 5.02. The minimum atomic E-state index is 0.456. The first-order chi connectivity index (χ1) is 8.86. The van der Waals surface area contributed by atoms with Crippen LogP contribution in [0.3, 0.4) is 0 Å². The number of hydrogen-bond acceptors (Lipinski definition) is 3. The van der Waals surface area contributed by atoms with Crippen LogP contribution in [0, 0.1) is 5.92 Å². The van der Waals surface area contributed by atoms with Gasteiger partial charge in [0.1, 0.15) is 5.75 Å². The quantitative estimate of drug-likeness (QED) is 0.863. The van der Waals surface area contributed by atoms with Crippen LogP contribution in [0.25, 0.3) is 0 Å². The highest BCUT2D eigenvalue weighted by molar-refractivity contribution is 7.10. The molecule has 1 N–H and O–H groups in total. The summed E-state index contributed by atoms with van der Waals surface area (Å²) >= 11 is 1.83. The van der Waals surface area contributed by atoms with Gasteiger partial charge >= 0.3 is 0 Å². The largest absolute Gasteiger partial charge is 0.497 e. The first-order valence-electron chi connectivity index (χ1n) is 6.31. The summed E-state index contributed by atoms with van der Waals surface area (Å²) in [5.41, 5.74) is 1.14. The van der Waals surface area contributed by atoms with Crippen molar-refractivity contribution in [1.29, 1.82) is 0 Å². The summed E-state index contributed by atoms with van der Waals surface area (Å²) in [6, 6.07) is 13.0. The van der Waals surface area contributed by atoms with Crippen molar-refractivity contribution in [3.8, 4) is 5.75 Å². The zero-order valence-electron chi connectivity index (χ0n) is 10.4. The van der Waals surface area contributed by atoms with Gasteiger partial charge in [-0.05, 0) is 42.3 Å². The minimum absolute atomic E-state index is 0.456. The Morgan fingerprint density at radius 3 is 2.83 bits per heavy atom. The molecule has 0 spiro atoms. The number of benzene rings is 1. The summed E-state index contributed by atoms with van der Waals surface area (Å²) in [5, 5.41) is 5.80. The van der Waals surface area contributed by atoms with Crippen molar-refractivity contribution in [3.63, 3.8) is 0 Å². The summed E-state index contributed by atoms with van der Waals surface area (Å²) in [5.74, 6) is 1.69. The van der Waals surface area contributed by atoms with E-state index in [2.05, 4.69) is 35.0 Å². The van der Waals surface area contributed by atoms with E-state index in [0.717, 1.165) is 17.4 Å². The van der Waals surface area contributed by atoms with E-state index in [1.807, 2.05) is 23.5 Å². The summed E-state index contributed by atoms with van der Waals surface area (Å²) in [4.78, 5) is 1.43. The van der Waals surface area contributed by atoms with E-state index in [1.165, 1.54) is 17.7 Å². The van der Waals surface area contributed by atoms with Crippen LogP contribution in [-0.4, -0.2) is 7.11 Å². The molecule has 1 unspecified atom stereocenters. The number of hydrogen-bond donors (Lipinski definition) is 1. The van der Waals surface area contributed by atoms with Crippen LogP contribution in [0.2, 0.25) is 0 Å². The molecule has 1 fully saturated rings. The molecule has 2 nitrogen and oxygen atoms in total. The predicted molar refractivity (Wildman–Crippen MR) is 76.4 cm³/mol. The Bertz CT molecular complexity index is 505. The fourth-order valence-corrected chi connectivity index (χ4v) is 3.08. The molecule has 1 aromatic heterocycles. The van der Waals surface area contributed by atoms with Gasteiger partial charge < -0.3 is 10.1 Å². The topological polar surface area (TPSA) is 21.3 Å². The Balaban J connectivity index is 1.80. The van der Waals surface area contributed by atoms with Gasteiger partial charge in [0.25, 0.3) is 0 Å². The highest BCUT2D eigenvalue weighted by Gasteiger charge is 2.32. The summed E-state index contributed by atoms with van der Waals surface area (Å²) in [6.45, 7) is 0. The molecule has 0 radical (unpaired) electrons. The molecule has 1 aliphatic rings. The summed E-state index contributed by atoms with van der Waals surface area (Å²) < 4.78 is 5.27. The molecule has 3 heteroatoms. The highest BCUT2D eigenvalue weighted by atomic mass is 32.1. The lowest BCUT2D eigenvalue weighted by atomic mass is 10.1. The van der Waals surface area contributed by atoms with E-state index in [1.54, 1.807) is 7.11 Å². The van der Waals surface area contributed by atoms with E-state index >= 15 is 0 Å². The van der Waals surface area contributed by atoms with Crippen LogP contribution >= 0.6 is 11.3 Å². The molecule has 0 amide bonds. The van der Waals surface area contributed by atoms with Crippen molar-refractivity contribution in [3.05, 3.63) is 46.7 Å². The van der Waals surface area contributed by atoms with E-state index in [-0.39, 0.29) is 0 Å². The molecule has 1 aromatic carbocycles. The molecule has 0 saturated heterocycles. The normalized spacial score (nSPS) is 16.3. The van der Waals surface area contributed by atoms with Gasteiger partial charge in [0, 0.05) is 16.6 Å². The smallest absolute Gasteiger partial charge is 0.120 e. The van der Waals surface area contributed by atoms with E-state index < -0.39 is 0 Å². The SMILES string of the molecule is COc1cccc(NC(c2cccs2)C2CC2)c1. The van der Waals surface area contributed by atoms with Gasteiger partial charge in [-0.3, -0.25) is 0 Å². The van der Waals surface area contributed by atoms with Gasteiger partial charge in [-0.1, -0.05) is 12.1 Å². The van der Waals surface area contributed by atoms with Crippen LogP contribution < -0.4 is 10.1 Å². The van der Waals surface area contributed by atoms with Gasteiger partial charge in [0.05, 0.1) is 13.2 Å². The predicted octanol–water partition coefficient (Wildman–Crippen LogP) is 4.32. The highest BCUT2D eigenvalue weighted by Crippen LogP contribution is 2.44. The van der Waals surface area contributed by atoms with Crippen molar-refractivity contribution in [1.82, 2.24) is 0 Å². The standard InChI is InChI=1S/C15H17NOS/c1-17-13-5-2-4-12(10-13)16-15(11-7-8-11)14-6-3-9-18-14/h2-6,9-11,15-16H,7-8H2,1H3. The lowest BCUT2D eigenvalue weighted by Crippen LogP contribution is -2.11. The van der Waals surface area contributed by atoms with Gasteiger partial charge in [0.2, 0.25) is 0 Å². The van der Waals surface area contributed by atoms with Crippen LogP contribution in [0.15, 0.2) is 41.8 Å². The zero-order chi connectivity index (χ0) is 12.4. The number of methoxy groups -OCH3 is 1. The maximum Gasteiger partial charge on any atom is 0.120 e. The molecule has 1 saturated carbocycles. The monoisotopic (exact) mass is 259 g/mol. The second-order valence-corrected chi connectivity index (χ2v) is 5.69. The third-order valence-corrected chi connectivity index (χ3v) is 4.29.